The fourth-order valence-corrected chi connectivity index (χ4v) is 4.24. The molecule has 166 valence electrons. The van der Waals surface area contributed by atoms with Crippen LogP contribution < -0.4 is 20.1 Å². The molecule has 0 atom stereocenters. The first-order valence-electron chi connectivity index (χ1n) is 11.4. The zero-order valence-electron chi connectivity index (χ0n) is 18.2. The number of carbonyl (C=O) groups is 2. The van der Waals surface area contributed by atoms with E-state index in [0.29, 0.717) is 43.5 Å². The Hall–Kier alpha value is -2.44. The molecule has 0 spiro atoms. The van der Waals surface area contributed by atoms with Crippen molar-refractivity contribution in [3.8, 4) is 11.5 Å². The summed E-state index contributed by atoms with van der Waals surface area (Å²) in [7, 11) is 0. The lowest BCUT2D eigenvalue weighted by atomic mass is 9.88. The average Bonchev–Trinajstić information content (AvgIpc) is 2.77. The summed E-state index contributed by atoms with van der Waals surface area (Å²) in [5.41, 5.74) is 0.680. The summed E-state index contributed by atoms with van der Waals surface area (Å²) in [6.07, 6.45) is 7.18. The Balaban J connectivity index is 1.48. The van der Waals surface area contributed by atoms with Crippen LogP contribution in [0.4, 0.5) is 10.5 Å². The van der Waals surface area contributed by atoms with E-state index in [4.69, 9.17) is 9.47 Å². The Morgan fingerprint density at radius 3 is 2.30 bits per heavy atom. The van der Waals surface area contributed by atoms with Crippen LogP contribution in [0.2, 0.25) is 0 Å². The highest BCUT2D eigenvalue weighted by molar-refractivity contribution is 5.89. The molecule has 3 rings (SSSR count). The molecule has 1 aromatic carbocycles. The van der Waals surface area contributed by atoms with Gasteiger partial charge in [-0.2, -0.15) is 0 Å². The third-order valence-electron chi connectivity index (χ3n) is 5.90. The highest BCUT2D eigenvalue weighted by Gasteiger charge is 2.27. The Kier molecular flexibility index (Phi) is 8.22. The number of amides is 3. The van der Waals surface area contributed by atoms with Gasteiger partial charge in [0.15, 0.2) is 11.5 Å². The molecule has 0 radical (unpaired) electrons. The Morgan fingerprint density at radius 2 is 1.63 bits per heavy atom. The van der Waals surface area contributed by atoms with E-state index in [9.17, 15) is 9.59 Å². The maximum atomic E-state index is 12.7. The molecule has 2 N–H and O–H groups in total. The van der Waals surface area contributed by atoms with E-state index in [-0.39, 0.29) is 23.9 Å². The predicted octanol–water partition coefficient (Wildman–Crippen LogP) is 4.18. The minimum Gasteiger partial charge on any atom is -0.490 e. The minimum absolute atomic E-state index is 0.126. The zero-order chi connectivity index (χ0) is 21.3. The maximum absolute atomic E-state index is 12.7. The van der Waals surface area contributed by atoms with Crippen LogP contribution in [0.3, 0.4) is 0 Å². The quantitative estimate of drug-likeness (QED) is 0.698. The Labute approximate surface area is 179 Å². The van der Waals surface area contributed by atoms with Gasteiger partial charge in [-0.25, -0.2) is 4.79 Å². The van der Waals surface area contributed by atoms with Gasteiger partial charge in [0.05, 0.1) is 13.2 Å². The summed E-state index contributed by atoms with van der Waals surface area (Å²) in [5, 5.41) is 6.16. The number of rotatable bonds is 7. The first kappa shape index (κ1) is 22.2. The monoisotopic (exact) mass is 417 g/mol. The molecule has 1 saturated carbocycles. The number of piperidine rings is 1. The molecule has 0 unspecified atom stereocenters. The van der Waals surface area contributed by atoms with Gasteiger partial charge in [-0.05, 0) is 51.7 Å². The van der Waals surface area contributed by atoms with Crippen molar-refractivity contribution in [2.75, 3.05) is 31.6 Å². The molecule has 2 aliphatic rings. The van der Waals surface area contributed by atoms with Crippen LogP contribution in [-0.2, 0) is 4.79 Å². The van der Waals surface area contributed by atoms with Crippen LogP contribution >= 0.6 is 0 Å². The third-order valence-corrected chi connectivity index (χ3v) is 5.90. The van der Waals surface area contributed by atoms with Gasteiger partial charge in [-0.3, -0.25) is 4.79 Å². The van der Waals surface area contributed by atoms with Crippen molar-refractivity contribution in [3.63, 3.8) is 0 Å². The first-order chi connectivity index (χ1) is 14.6. The summed E-state index contributed by atoms with van der Waals surface area (Å²) in [5.74, 6) is 1.68. The average molecular weight is 418 g/mol. The molecule has 0 bridgehead atoms. The highest BCUT2D eigenvalue weighted by atomic mass is 16.5. The number of likely N-dealkylation sites (tertiary alicyclic amines) is 1. The molecule has 1 aromatic rings. The van der Waals surface area contributed by atoms with E-state index >= 15 is 0 Å². The number of nitrogens with one attached hydrogen (secondary N) is 2. The number of nitrogens with zero attached hydrogens (tertiary/aromatic N) is 1. The van der Waals surface area contributed by atoms with Crippen molar-refractivity contribution in [1.82, 2.24) is 10.2 Å². The number of hydrogen-bond donors (Lipinski definition) is 2. The van der Waals surface area contributed by atoms with Crippen molar-refractivity contribution in [2.45, 2.75) is 64.8 Å². The van der Waals surface area contributed by atoms with Crippen LogP contribution in [0.1, 0.15) is 58.8 Å². The largest absolute Gasteiger partial charge is 0.490 e. The topological polar surface area (TPSA) is 79.9 Å². The number of hydrogen-bond acceptors (Lipinski definition) is 4. The molecule has 0 aromatic heterocycles. The third kappa shape index (κ3) is 6.03. The summed E-state index contributed by atoms with van der Waals surface area (Å²) in [6, 6.07) is 5.47. The molecule has 7 nitrogen and oxygen atoms in total. The van der Waals surface area contributed by atoms with Crippen molar-refractivity contribution in [1.29, 1.82) is 0 Å². The van der Waals surface area contributed by atoms with Gasteiger partial charge in [0, 0.05) is 36.8 Å². The number of anilines is 1. The first-order valence-corrected chi connectivity index (χ1v) is 11.4. The van der Waals surface area contributed by atoms with Crippen molar-refractivity contribution >= 4 is 17.6 Å². The van der Waals surface area contributed by atoms with Gasteiger partial charge in [0.25, 0.3) is 0 Å². The van der Waals surface area contributed by atoms with Crippen molar-refractivity contribution in [3.05, 3.63) is 18.2 Å². The summed E-state index contributed by atoms with van der Waals surface area (Å²) in [4.78, 5) is 26.9. The second kappa shape index (κ2) is 11.1. The van der Waals surface area contributed by atoms with Crippen LogP contribution in [0.5, 0.6) is 11.5 Å². The van der Waals surface area contributed by atoms with E-state index < -0.39 is 0 Å². The van der Waals surface area contributed by atoms with Gasteiger partial charge in [-0.1, -0.05) is 19.3 Å². The molecule has 1 aliphatic heterocycles. The van der Waals surface area contributed by atoms with Crippen molar-refractivity contribution < 1.29 is 19.1 Å². The standard InChI is InChI=1S/C23H35N3O4/c1-3-29-20-11-10-19(16-21(20)30-4-2)25-23(28)26-14-12-18(13-15-26)24-22(27)17-8-6-5-7-9-17/h10-11,16-18H,3-9,12-15H2,1-2H3,(H,24,27)(H,25,28). The molecule has 30 heavy (non-hydrogen) atoms. The van der Waals surface area contributed by atoms with Crippen LogP contribution in [0.25, 0.3) is 0 Å². The second-order valence-corrected chi connectivity index (χ2v) is 8.06. The van der Waals surface area contributed by atoms with Crippen LogP contribution in [0.15, 0.2) is 18.2 Å². The lowest BCUT2D eigenvalue weighted by Gasteiger charge is -2.33. The lowest BCUT2D eigenvalue weighted by Crippen LogP contribution is -2.49. The number of carbonyl (C=O) groups excluding carboxylic acids is 2. The molecule has 3 amide bonds. The summed E-state index contributed by atoms with van der Waals surface area (Å²) < 4.78 is 11.2. The SMILES string of the molecule is CCOc1ccc(NC(=O)N2CCC(NC(=O)C3CCCCC3)CC2)cc1OCC. The number of urea groups is 1. The fourth-order valence-electron chi connectivity index (χ4n) is 4.24. The Bertz CT molecular complexity index is 710. The summed E-state index contributed by atoms with van der Waals surface area (Å²) in [6.45, 7) is 6.19. The fraction of sp³-hybridized carbons (Fsp3) is 0.652. The molecule has 1 aliphatic carbocycles. The zero-order valence-corrected chi connectivity index (χ0v) is 18.2. The lowest BCUT2D eigenvalue weighted by molar-refractivity contribution is -0.126. The van der Waals surface area contributed by atoms with Gasteiger partial charge < -0.3 is 25.0 Å². The van der Waals surface area contributed by atoms with E-state index in [1.165, 1.54) is 6.42 Å². The Morgan fingerprint density at radius 1 is 0.967 bits per heavy atom. The van der Waals surface area contributed by atoms with Gasteiger partial charge in [0.1, 0.15) is 0 Å². The summed E-state index contributed by atoms with van der Waals surface area (Å²) >= 11 is 0. The highest BCUT2D eigenvalue weighted by Crippen LogP contribution is 2.31. The van der Waals surface area contributed by atoms with E-state index in [2.05, 4.69) is 10.6 Å². The van der Waals surface area contributed by atoms with Gasteiger partial charge in [-0.15, -0.1) is 0 Å². The molecular weight excluding hydrogens is 382 g/mol. The number of benzene rings is 1. The van der Waals surface area contributed by atoms with Gasteiger partial charge >= 0.3 is 6.03 Å². The number of ether oxygens (including phenoxy) is 2. The predicted molar refractivity (Wildman–Crippen MR) is 117 cm³/mol. The van der Waals surface area contributed by atoms with E-state index in [1.807, 2.05) is 26.0 Å². The second-order valence-electron chi connectivity index (χ2n) is 8.06. The minimum atomic E-state index is -0.126. The molecule has 1 heterocycles. The molecular formula is C23H35N3O4. The normalized spacial score (nSPS) is 18.0. The van der Waals surface area contributed by atoms with Crippen LogP contribution in [-0.4, -0.2) is 49.2 Å². The molecule has 7 heteroatoms. The molecule has 1 saturated heterocycles. The smallest absolute Gasteiger partial charge is 0.321 e. The molecule has 2 fully saturated rings. The van der Waals surface area contributed by atoms with Gasteiger partial charge in [0.2, 0.25) is 5.91 Å². The maximum Gasteiger partial charge on any atom is 0.321 e. The van der Waals surface area contributed by atoms with E-state index in [1.54, 1.807) is 11.0 Å². The van der Waals surface area contributed by atoms with Crippen LogP contribution in [0, 0.1) is 5.92 Å². The van der Waals surface area contributed by atoms with Crippen molar-refractivity contribution in [2.24, 2.45) is 5.92 Å². The van der Waals surface area contributed by atoms with E-state index in [0.717, 1.165) is 38.5 Å².